The van der Waals surface area contributed by atoms with Gasteiger partial charge in [0.15, 0.2) is 0 Å². The summed E-state index contributed by atoms with van der Waals surface area (Å²) >= 11 is 0. The quantitative estimate of drug-likeness (QED) is 0.534. The Hall–Kier alpha value is -2.68. The average Bonchev–Trinajstić information content (AvgIpc) is 2.62. The number of hydrogen-bond donors (Lipinski definition) is 1. The minimum Gasteiger partial charge on any atom is -0.464 e. The predicted octanol–water partition coefficient (Wildman–Crippen LogP) is 1.58. The Bertz CT molecular complexity index is 786. The van der Waals surface area contributed by atoms with E-state index in [0.29, 0.717) is 22.6 Å². The highest BCUT2D eigenvalue weighted by atomic mass is 16.7. The number of nitrogens with zero attached hydrogens (tertiary/aromatic N) is 1. The monoisotopic (exact) mass is 408 g/mol. The number of esters is 2. The lowest BCUT2D eigenvalue weighted by atomic mass is 9.88. The molecule has 2 rings (SSSR count). The lowest BCUT2D eigenvalue weighted by Gasteiger charge is -2.35. The zero-order valence-electron chi connectivity index (χ0n) is 17.7. The van der Waals surface area contributed by atoms with Crippen molar-refractivity contribution in [3.05, 3.63) is 23.0 Å². The molecular formula is C20H28N2O7. The number of pyridine rings is 1. The highest BCUT2D eigenvalue weighted by Gasteiger charge is 2.51. The van der Waals surface area contributed by atoms with Crippen molar-refractivity contribution >= 4 is 17.8 Å². The van der Waals surface area contributed by atoms with Crippen LogP contribution in [0.25, 0.3) is 0 Å². The van der Waals surface area contributed by atoms with Gasteiger partial charge >= 0.3 is 11.9 Å². The lowest BCUT2D eigenvalue weighted by Crippen LogP contribution is -2.62. The van der Waals surface area contributed by atoms with Gasteiger partial charge in [-0.25, -0.2) is 9.59 Å². The fraction of sp³-hybridized carbons (Fsp3) is 0.600. The van der Waals surface area contributed by atoms with Crippen LogP contribution in [0.3, 0.4) is 0 Å². The van der Waals surface area contributed by atoms with Crippen LogP contribution in [-0.2, 0) is 41.6 Å². The molecule has 0 bridgehead atoms. The molecule has 1 aromatic heterocycles. The number of hydrogen-bond acceptors (Lipinski definition) is 8. The van der Waals surface area contributed by atoms with E-state index in [-0.39, 0.29) is 26.2 Å². The molecule has 1 aromatic rings. The maximum atomic E-state index is 12.8. The Labute approximate surface area is 170 Å². The van der Waals surface area contributed by atoms with Gasteiger partial charge in [0.25, 0.3) is 0 Å². The maximum absolute atomic E-state index is 12.8. The first-order chi connectivity index (χ1) is 13.6. The Balaban J connectivity index is 2.58. The molecule has 0 saturated carbocycles. The molecule has 0 radical (unpaired) electrons. The summed E-state index contributed by atoms with van der Waals surface area (Å²) in [6.45, 7) is 10.0. The van der Waals surface area contributed by atoms with Crippen LogP contribution in [-0.4, -0.2) is 47.4 Å². The highest BCUT2D eigenvalue weighted by Crippen LogP contribution is 2.36. The van der Waals surface area contributed by atoms with Crippen LogP contribution in [0, 0.1) is 6.92 Å². The predicted molar refractivity (Wildman–Crippen MR) is 102 cm³/mol. The van der Waals surface area contributed by atoms with Gasteiger partial charge in [-0.05, 0) is 26.3 Å². The molecule has 0 spiro atoms. The largest absolute Gasteiger partial charge is 0.464 e. The first-order valence-electron chi connectivity index (χ1n) is 9.49. The number of amides is 1. The number of carbonyl (C=O) groups is 3. The van der Waals surface area contributed by atoms with Gasteiger partial charge < -0.3 is 24.3 Å². The van der Waals surface area contributed by atoms with Gasteiger partial charge in [0, 0.05) is 39.0 Å². The number of aryl methyl sites for hydroxylation is 1. The van der Waals surface area contributed by atoms with Crippen molar-refractivity contribution < 1.29 is 33.3 Å². The van der Waals surface area contributed by atoms with Crippen LogP contribution in [0.2, 0.25) is 0 Å². The van der Waals surface area contributed by atoms with Gasteiger partial charge in [0.1, 0.15) is 5.75 Å². The SMILES string of the molecule is CCOC(=O)C(Cc1cnc(C)c2c1COC(C)(C)O2)(NC(C)=O)C(=O)OCC. The molecule has 0 aromatic carbocycles. The Morgan fingerprint density at radius 3 is 2.31 bits per heavy atom. The molecule has 2 heterocycles. The molecule has 1 N–H and O–H groups in total. The van der Waals surface area contributed by atoms with Crippen molar-refractivity contribution in [2.75, 3.05) is 13.2 Å². The Kier molecular flexibility index (Phi) is 6.84. The molecule has 0 fully saturated rings. The van der Waals surface area contributed by atoms with Gasteiger partial charge in [-0.2, -0.15) is 0 Å². The normalized spacial score (nSPS) is 15.0. The van der Waals surface area contributed by atoms with E-state index in [0.717, 1.165) is 0 Å². The molecule has 29 heavy (non-hydrogen) atoms. The van der Waals surface area contributed by atoms with E-state index in [1.807, 2.05) is 0 Å². The van der Waals surface area contributed by atoms with Crippen molar-refractivity contribution in [2.24, 2.45) is 0 Å². The van der Waals surface area contributed by atoms with Crippen LogP contribution in [0.15, 0.2) is 6.20 Å². The second-order valence-electron chi connectivity index (χ2n) is 7.17. The third-order valence-electron chi connectivity index (χ3n) is 4.41. The van der Waals surface area contributed by atoms with Crippen LogP contribution in [0.1, 0.15) is 51.4 Å². The molecular weight excluding hydrogens is 380 g/mol. The number of rotatable bonds is 7. The van der Waals surface area contributed by atoms with Crippen LogP contribution < -0.4 is 10.1 Å². The van der Waals surface area contributed by atoms with E-state index in [2.05, 4.69) is 10.3 Å². The maximum Gasteiger partial charge on any atom is 0.344 e. The Morgan fingerprint density at radius 2 is 1.79 bits per heavy atom. The fourth-order valence-corrected chi connectivity index (χ4v) is 3.11. The average molecular weight is 408 g/mol. The summed E-state index contributed by atoms with van der Waals surface area (Å²) in [5, 5.41) is 2.45. The molecule has 160 valence electrons. The molecule has 1 aliphatic rings. The van der Waals surface area contributed by atoms with E-state index >= 15 is 0 Å². The summed E-state index contributed by atoms with van der Waals surface area (Å²) in [5.41, 5.74) is -0.233. The van der Waals surface area contributed by atoms with E-state index < -0.39 is 29.2 Å². The minimum atomic E-state index is -2.05. The van der Waals surface area contributed by atoms with Crippen molar-refractivity contribution in [3.63, 3.8) is 0 Å². The summed E-state index contributed by atoms with van der Waals surface area (Å²) in [6, 6.07) is 0. The zero-order chi connectivity index (χ0) is 21.8. The van der Waals surface area contributed by atoms with Gasteiger partial charge in [-0.3, -0.25) is 9.78 Å². The van der Waals surface area contributed by atoms with Crippen molar-refractivity contribution in [1.29, 1.82) is 0 Å². The van der Waals surface area contributed by atoms with Gasteiger partial charge in [-0.15, -0.1) is 0 Å². The standard InChI is InChI=1S/C20H28N2O7/c1-7-26-17(24)20(22-13(4)23,18(25)27-8-2)9-14-10-21-12(3)16-15(14)11-28-19(5,6)29-16/h10H,7-9,11H2,1-6H3,(H,22,23). The van der Waals surface area contributed by atoms with E-state index in [4.69, 9.17) is 18.9 Å². The first kappa shape index (κ1) is 22.6. The molecule has 9 nitrogen and oxygen atoms in total. The van der Waals surface area contributed by atoms with Crippen LogP contribution in [0.4, 0.5) is 0 Å². The minimum absolute atomic E-state index is 0.0320. The molecule has 0 saturated heterocycles. The summed E-state index contributed by atoms with van der Waals surface area (Å²) in [6.07, 6.45) is 1.32. The number of carbonyl (C=O) groups excluding carboxylic acids is 3. The number of aromatic nitrogens is 1. The molecule has 0 atom stereocenters. The van der Waals surface area contributed by atoms with E-state index in [1.165, 1.54) is 13.1 Å². The first-order valence-corrected chi connectivity index (χ1v) is 9.49. The smallest absolute Gasteiger partial charge is 0.344 e. The number of nitrogens with one attached hydrogen (secondary N) is 1. The topological polar surface area (TPSA) is 113 Å². The van der Waals surface area contributed by atoms with Crippen LogP contribution in [0.5, 0.6) is 5.75 Å². The third-order valence-corrected chi connectivity index (χ3v) is 4.41. The lowest BCUT2D eigenvalue weighted by molar-refractivity contribution is -0.181. The van der Waals surface area contributed by atoms with E-state index in [1.54, 1.807) is 34.6 Å². The number of fused-ring (bicyclic) bond motifs is 1. The molecule has 1 aliphatic heterocycles. The highest BCUT2D eigenvalue weighted by molar-refractivity contribution is 6.08. The summed E-state index contributed by atoms with van der Waals surface area (Å²) in [7, 11) is 0. The second kappa shape index (κ2) is 8.77. The Morgan fingerprint density at radius 1 is 1.21 bits per heavy atom. The van der Waals surface area contributed by atoms with Crippen molar-refractivity contribution in [3.8, 4) is 5.75 Å². The molecule has 9 heteroatoms. The van der Waals surface area contributed by atoms with Gasteiger partial charge in [-0.1, -0.05) is 0 Å². The van der Waals surface area contributed by atoms with Crippen molar-refractivity contribution in [1.82, 2.24) is 10.3 Å². The van der Waals surface area contributed by atoms with Crippen LogP contribution >= 0.6 is 0 Å². The second-order valence-corrected chi connectivity index (χ2v) is 7.17. The van der Waals surface area contributed by atoms with E-state index in [9.17, 15) is 14.4 Å². The van der Waals surface area contributed by atoms with Gasteiger partial charge in [0.2, 0.25) is 17.2 Å². The van der Waals surface area contributed by atoms with Gasteiger partial charge in [0.05, 0.1) is 25.5 Å². The molecule has 0 aliphatic carbocycles. The zero-order valence-corrected chi connectivity index (χ0v) is 17.7. The summed E-state index contributed by atoms with van der Waals surface area (Å²) in [5.74, 6) is -2.69. The number of ether oxygens (including phenoxy) is 4. The fourth-order valence-electron chi connectivity index (χ4n) is 3.11. The summed E-state index contributed by atoms with van der Waals surface area (Å²) in [4.78, 5) is 41.9. The summed E-state index contributed by atoms with van der Waals surface area (Å²) < 4.78 is 21.9. The molecule has 1 amide bonds. The molecule has 0 unspecified atom stereocenters. The third kappa shape index (κ3) is 4.84. The van der Waals surface area contributed by atoms with Crippen molar-refractivity contribution in [2.45, 2.75) is 65.9 Å².